The average molecular weight is 388 g/mol. The highest BCUT2D eigenvalue weighted by Gasteiger charge is 2.36. The Bertz CT molecular complexity index is 955. The van der Waals surface area contributed by atoms with Crippen molar-refractivity contribution in [3.8, 4) is 11.1 Å². The van der Waals surface area contributed by atoms with Crippen molar-refractivity contribution >= 4 is 29.5 Å². The number of thiophene rings is 1. The minimum atomic E-state index is -4.41. The lowest BCUT2D eigenvalue weighted by molar-refractivity contribution is -0.133. The van der Waals surface area contributed by atoms with Crippen molar-refractivity contribution in [2.75, 3.05) is 7.11 Å². The van der Waals surface area contributed by atoms with E-state index >= 15 is 0 Å². The van der Waals surface area contributed by atoms with E-state index in [0.29, 0.717) is 27.3 Å². The van der Waals surface area contributed by atoms with Gasteiger partial charge in [0.15, 0.2) is 0 Å². The minimum absolute atomic E-state index is 0.175. The molecular weight excluding hydrogens is 373 g/mol. The van der Waals surface area contributed by atoms with Crippen molar-refractivity contribution in [2.45, 2.75) is 6.18 Å². The first-order valence-electron chi connectivity index (χ1n) is 8.01. The molecule has 0 N–H and O–H groups in total. The Balaban J connectivity index is 1.90. The van der Waals surface area contributed by atoms with Gasteiger partial charge in [0.1, 0.15) is 4.88 Å². The summed E-state index contributed by atoms with van der Waals surface area (Å²) in [5.41, 5.74) is 1.89. The maximum atomic E-state index is 13.4. The molecule has 0 saturated heterocycles. The molecule has 0 radical (unpaired) electrons. The van der Waals surface area contributed by atoms with E-state index in [0.717, 1.165) is 5.56 Å². The Kier molecular flexibility index (Phi) is 5.46. The molecule has 0 aliphatic rings. The fraction of sp³-hybridized carbons (Fsp3) is 0.0952. The topological polar surface area (TPSA) is 26.3 Å². The number of benzene rings is 2. The van der Waals surface area contributed by atoms with Gasteiger partial charge >= 0.3 is 12.1 Å². The van der Waals surface area contributed by atoms with Crippen LogP contribution in [0.15, 0.2) is 60.7 Å². The number of methoxy groups -OCH3 is 1. The van der Waals surface area contributed by atoms with Crippen LogP contribution in [0.25, 0.3) is 23.3 Å². The molecule has 0 aliphatic carbocycles. The van der Waals surface area contributed by atoms with E-state index < -0.39 is 17.0 Å². The van der Waals surface area contributed by atoms with E-state index in [-0.39, 0.29) is 5.56 Å². The molecule has 3 rings (SSSR count). The van der Waals surface area contributed by atoms with Crippen LogP contribution in [0, 0.1) is 0 Å². The van der Waals surface area contributed by atoms with Crippen molar-refractivity contribution < 1.29 is 22.7 Å². The minimum Gasteiger partial charge on any atom is -0.465 e. The second-order valence-corrected chi connectivity index (χ2v) is 6.79. The summed E-state index contributed by atoms with van der Waals surface area (Å²) in [6, 6.07) is 16.7. The van der Waals surface area contributed by atoms with Gasteiger partial charge in [-0.05, 0) is 35.4 Å². The Morgan fingerprint density at radius 3 is 2.26 bits per heavy atom. The highest BCUT2D eigenvalue weighted by Crippen LogP contribution is 2.43. The van der Waals surface area contributed by atoms with Crippen LogP contribution in [0.3, 0.4) is 0 Å². The van der Waals surface area contributed by atoms with Gasteiger partial charge in [0.05, 0.1) is 12.7 Å². The fourth-order valence-corrected chi connectivity index (χ4v) is 3.51. The molecule has 2 nitrogen and oxygen atoms in total. The van der Waals surface area contributed by atoms with E-state index in [9.17, 15) is 18.0 Å². The standard InChI is InChI=1S/C21H15F3O2S/c1-26-20(25)16-10-7-14(8-11-16)9-12-17-13-18(15-5-3-2-4-6-15)19(27-17)21(22,23)24/h2-13H,1H3/b12-9+. The second kappa shape index (κ2) is 7.80. The van der Waals surface area contributed by atoms with Crippen LogP contribution in [-0.2, 0) is 10.9 Å². The fourth-order valence-electron chi connectivity index (χ4n) is 2.56. The molecule has 0 saturated carbocycles. The van der Waals surface area contributed by atoms with E-state index in [1.807, 2.05) is 0 Å². The van der Waals surface area contributed by atoms with Crippen LogP contribution < -0.4 is 0 Å². The lowest BCUT2D eigenvalue weighted by atomic mass is 10.1. The maximum Gasteiger partial charge on any atom is 0.426 e. The lowest BCUT2D eigenvalue weighted by Crippen LogP contribution is -2.03. The summed E-state index contributed by atoms with van der Waals surface area (Å²) in [5, 5.41) is 0. The molecule has 0 aliphatic heterocycles. The summed E-state index contributed by atoms with van der Waals surface area (Å²) in [7, 11) is 1.30. The number of rotatable bonds is 4. The molecule has 0 bridgehead atoms. The largest absolute Gasteiger partial charge is 0.465 e. The quantitative estimate of drug-likeness (QED) is 0.484. The molecule has 138 valence electrons. The number of ether oxygens (including phenoxy) is 1. The summed E-state index contributed by atoms with van der Waals surface area (Å²) in [6.07, 6.45) is -1.06. The molecule has 0 spiro atoms. The van der Waals surface area contributed by atoms with Crippen LogP contribution in [0.1, 0.15) is 25.7 Å². The predicted octanol–water partition coefficient (Wildman–Crippen LogP) is 6.39. The smallest absolute Gasteiger partial charge is 0.426 e. The summed E-state index contributed by atoms with van der Waals surface area (Å²) >= 11 is 0.706. The molecule has 0 unspecified atom stereocenters. The van der Waals surface area contributed by atoms with Crippen LogP contribution in [0.5, 0.6) is 0 Å². The SMILES string of the molecule is COC(=O)c1ccc(/C=C/c2cc(-c3ccccc3)c(C(F)(F)F)s2)cc1. The molecule has 0 atom stereocenters. The van der Waals surface area contributed by atoms with Gasteiger partial charge in [-0.15, -0.1) is 11.3 Å². The third-order valence-corrected chi connectivity index (χ3v) is 5.01. The maximum absolute atomic E-state index is 13.4. The Labute approximate surface area is 158 Å². The number of carbonyl (C=O) groups excluding carboxylic acids is 1. The van der Waals surface area contributed by atoms with Gasteiger partial charge in [0.25, 0.3) is 0 Å². The molecule has 2 aromatic carbocycles. The van der Waals surface area contributed by atoms with Crippen LogP contribution >= 0.6 is 11.3 Å². The molecule has 6 heteroatoms. The molecule has 1 heterocycles. The van der Waals surface area contributed by atoms with Crippen molar-refractivity contribution in [2.24, 2.45) is 0 Å². The van der Waals surface area contributed by atoms with Crippen molar-refractivity contribution in [3.63, 3.8) is 0 Å². The number of carbonyl (C=O) groups is 1. The molecule has 3 aromatic rings. The van der Waals surface area contributed by atoms with Gasteiger partial charge in [-0.25, -0.2) is 4.79 Å². The van der Waals surface area contributed by atoms with E-state index in [1.165, 1.54) is 7.11 Å². The zero-order valence-corrected chi connectivity index (χ0v) is 15.1. The first kappa shape index (κ1) is 18.9. The lowest BCUT2D eigenvalue weighted by Gasteiger charge is -2.07. The Morgan fingerprint density at radius 2 is 1.67 bits per heavy atom. The summed E-state index contributed by atoms with van der Waals surface area (Å²) in [5.74, 6) is -0.439. The average Bonchev–Trinajstić information content (AvgIpc) is 3.12. The summed E-state index contributed by atoms with van der Waals surface area (Å²) in [4.78, 5) is 11.3. The predicted molar refractivity (Wildman–Crippen MR) is 101 cm³/mol. The number of hydrogen-bond donors (Lipinski definition) is 0. The van der Waals surface area contributed by atoms with E-state index in [2.05, 4.69) is 4.74 Å². The van der Waals surface area contributed by atoms with Crippen LogP contribution in [0.4, 0.5) is 13.2 Å². The Morgan fingerprint density at radius 1 is 1.00 bits per heavy atom. The van der Waals surface area contributed by atoms with E-state index in [4.69, 9.17) is 0 Å². The first-order chi connectivity index (χ1) is 12.9. The van der Waals surface area contributed by atoms with Crippen molar-refractivity contribution in [3.05, 3.63) is 81.5 Å². The molecule has 27 heavy (non-hydrogen) atoms. The third-order valence-electron chi connectivity index (χ3n) is 3.87. The molecular formula is C21H15F3O2S. The highest BCUT2D eigenvalue weighted by atomic mass is 32.1. The van der Waals surface area contributed by atoms with Gasteiger partial charge < -0.3 is 4.74 Å². The number of hydrogen-bond acceptors (Lipinski definition) is 3. The monoisotopic (exact) mass is 388 g/mol. The summed E-state index contributed by atoms with van der Waals surface area (Å²) < 4.78 is 44.9. The molecule has 1 aromatic heterocycles. The van der Waals surface area contributed by atoms with Gasteiger partial charge in [0, 0.05) is 10.4 Å². The second-order valence-electron chi connectivity index (χ2n) is 5.70. The number of alkyl halides is 3. The summed E-state index contributed by atoms with van der Waals surface area (Å²) in [6.45, 7) is 0. The number of esters is 1. The van der Waals surface area contributed by atoms with Gasteiger partial charge in [-0.3, -0.25) is 0 Å². The molecule has 0 amide bonds. The Hall–Kier alpha value is -2.86. The number of halogens is 3. The molecule has 0 fully saturated rings. The van der Waals surface area contributed by atoms with Gasteiger partial charge in [-0.2, -0.15) is 13.2 Å². The third kappa shape index (κ3) is 4.46. The van der Waals surface area contributed by atoms with Crippen molar-refractivity contribution in [1.82, 2.24) is 0 Å². The van der Waals surface area contributed by atoms with Gasteiger partial charge in [-0.1, -0.05) is 48.5 Å². The van der Waals surface area contributed by atoms with Crippen LogP contribution in [-0.4, -0.2) is 13.1 Å². The zero-order chi connectivity index (χ0) is 19.4. The van der Waals surface area contributed by atoms with Crippen LogP contribution in [0.2, 0.25) is 0 Å². The van der Waals surface area contributed by atoms with Crippen molar-refractivity contribution in [1.29, 1.82) is 0 Å². The normalized spacial score (nSPS) is 11.7. The highest BCUT2D eigenvalue weighted by molar-refractivity contribution is 7.13. The van der Waals surface area contributed by atoms with E-state index in [1.54, 1.807) is 72.8 Å². The van der Waals surface area contributed by atoms with Gasteiger partial charge in [0.2, 0.25) is 0 Å². The first-order valence-corrected chi connectivity index (χ1v) is 8.83. The zero-order valence-electron chi connectivity index (χ0n) is 14.3.